The molecular weight excluding hydrogens is 202 g/mol. The van der Waals surface area contributed by atoms with Gasteiger partial charge in [-0.2, -0.15) is 0 Å². The molecule has 1 aromatic rings. The van der Waals surface area contributed by atoms with Crippen molar-refractivity contribution in [3.8, 4) is 0 Å². The summed E-state index contributed by atoms with van der Waals surface area (Å²) in [5.41, 5.74) is 0. The number of rotatable bonds is 3. The SMILES string of the molecule is CCCC[n+]1ccccc1.O=[SH](=O)O. The van der Waals surface area contributed by atoms with Gasteiger partial charge in [-0.15, -0.1) is 0 Å². The smallest absolute Gasteiger partial charge is 0.254 e. The van der Waals surface area contributed by atoms with E-state index in [4.69, 9.17) is 13.0 Å². The highest BCUT2D eigenvalue weighted by molar-refractivity contribution is 7.66. The van der Waals surface area contributed by atoms with Crippen molar-refractivity contribution < 1.29 is 17.5 Å². The zero-order chi connectivity index (χ0) is 10.8. The highest BCUT2D eigenvalue weighted by atomic mass is 32.2. The molecule has 0 aliphatic carbocycles. The largest absolute Gasteiger partial charge is 0.288 e. The van der Waals surface area contributed by atoms with Gasteiger partial charge in [-0.25, -0.2) is 13.0 Å². The lowest BCUT2D eigenvalue weighted by Crippen LogP contribution is -2.31. The topological polar surface area (TPSA) is 58.2 Å². The Labute approximate surface area is 86.0 Å². The lowest BCUT2D eigenvalue weighted by Gasteiger charge is -1.91. The Bertz CT molecular complexity index is 290. The second-order valence-electron chi connectivity index (χ2n) is 2.70. The maximum Gasteiger partial charge on any atom is 0.254 e. The van der Waals surface area contributed by atoms with Gasteiger partial charge < -0.3 is 0 Å². The van der Waals surface area contributed by atoms with Gasteiger partial charge >= 0.3 is 0 Å². The van der Waals surface area contributed by atoms with Crippen molar-refractivity contribution in [2.45, 2.75) is 26.3 Å². The van der Waals surface area contributed by atoms with Crippen molar-refractivity contribution in [2.75, 3.05) is 0 Å². The summed E-state index contributed by atoms with van der Waals surface area (Å²) in [6.07, 6.45) is 6.75. The maximum absolute atomic E-state index is 8.59. The van der Waals surface area contributed by atoms with Gasteiger partial charge in [0, 0.05) is 18.6 Å². The molecule has 1 N–H and O–H groups in total. The van der Waals surface area contributed by atoms with Gasteiger partial charge in [0.15, 0.2) is 12.4 Å². The molecular formula is C9H16NO3S+. The van der Waals surface area contributed by atoms with Gasteiger partial charge in [-0.1, -0.05) is 19.4 Å². The molecule has 80 valence electrons. The molecule has 1 rings (SSSR count). The molecule has 0 spiro atoms. The van der Waals surface area contributed by atoms with Crippen molar-refractivity contribution in [3.63, 3.8) is 0 Å². The first kappa shape index (κ1) is 13.1. The molecule has 14 heavy (non-hydrogen) atoms. The third-order valence-corrected chi connectivity index (χ3v) is 1.55. The summed E-state index contributed by atoms with van der Waals surface area (Å²) in [6, 6.07) is 6.17. The zero-order valence-electron chi connectivity index (χ0n) is 8.17. The Balaban J connectivity index is 0.000000364. The second kappa shape index (κ2) is 8.65. The number of aryl methyl sites for hydroxylation is 1. The molecule has 0 atom stereocenters. The quantitative estimate of drug-likeness (QED) is 0.449. The van der Waals surface area contributed by atoms with Crippen LogP contribution in [0.5, 0.6) is 0 Å². The first-order valence-corrected chi connectivity index (χ1v) is 5.57. The first-order valence-electron chi connectivity index (χ1n) is 4.44. The summed E-state index contributed by atoms with van der Waals surface area (Å²) in [7, 11) is -3.12. The molecule has 0 saturated carbocycles. The van der Waals surface area contributed by atoms with Gasteiger partial charge in [-0.05, 0) is 0 Å². The van der Waals surface area contributed by atoms with E-state index >= 15 is 0 Å². The van der Waals surface area contributed by atoms with Crippen molar-refractivity contribution >= 4 is 11.0 Å². The van der Waals surface area contributed by atoms with Crippen LogP contribution in [-0.2, 0) is 17.5 Å². The molecule has 0 aliphatic rings. The van der Waals surface area contributed by atoms with Gasteiger partial charge in [0.2, 0.25) is 0 Å². The van der Waals surface area contributed by atoms with E-state index in [1.54, 1.807) is 0 Å². The molecule has 0 aliphatic heterocycles. The Morgan fingerprint density at radius 1 is 1.21 bits per heavy atom. The number of thiol groups is 1. The Morgan fingerprint density at radius 2 is 1.71 bits per heavy atom. The second-order valence-corrected chi connectivity index (χ2v) is 3.18. The van der Waals surface area contributed by atoms with E-state index in [-0.39, 0.29) is 0 Å². The average molecular weight is 218 g/mol. The van der Waals surface area contributed by atoms with Crippen LogP contribution in [-0.4, -0.2) is 13.0 Å². The summed E-state index contributed by atoms with van der Waals surface area (Å²) >= 11 is 0. The number of hydrogen-bond acceptors (Lipinski definition) is 2. The highest BCUT2D eigenvalue weighted by Crippen LogP contribution is 1.85. The molecule has 5 heteroatoms. The third kappa shape index (κ3) is 9.15. The molecule has 0 radical (unpaired) electrons. The fraction of sp³-hybridized carbons (Fsp3) is 0.444. The molecule has 4 nitrogen and oxygen atoms in total. The molecule has 0 fully saturated rings. The van der Waals surface area contributed by atoms with Gasteiger partial charge in [0.1, 0.15) is 6.54 Å². The number of aromatic nitrogens is 1. The van der Waals surface area contributed by atoms with Crippen molar-refractivity contribution in [1.82, 2.24) is 0 Å². The normalized spacial score (nSPS) is 9.36. The maximum atomic E-state index is 8.59. The summed E-state index contributed by atoms with van der Waals surface area (Å²) in [5.74, 6) is 0. The number of pyridine rings is 1. The van der Waals surface area contributed by atoms with Crippen LogP contribution in [0.1, 0.15) is 19.8 Å². The summed E-state index contributed by atoms with van der Waals surface area (Å²) in [4.78, 5) is 0. The average Bonchev–Trinajstić information content (AvgIpc) is 2.15. The fourth-order valence-corrected chi connectivity index (χ4v) is 0.924. The minimum Gasteiger partial charge on any atom is -0.288 e. The van der Waals surface area contributed by atoms with E-state index in [1.165, 1.54) is 12.8 Å². The van der Waals surface area contributed by atoms with Crippen molar-refractivity contribution in [3.05, 3.63) is 30.6 Å². The lowest BCUT2D eigenvalue weighted by atomic mass is 10.3. The molecule has 1 aromatic heterocycles. The standard InChI is InChI=1S/C9H14N.H2O3S/c1-2-3-7-10-8-5-4-6-9-10;1-4(2)3/h4-6,8-9H,2-3,7H2,1H3;4H,(H,1,2,3)/q+1;. The van der Waals surface area contributed by atoms with Crippen LogP contribution in [0.2, 0.25) is 0 Å². The minimum atomic E-state index is -3.12. The predicted octanol–water partition coefficient (Wildman–Crippen LogP) is 0.845. The van der Waals surface area contributed by atoms with Crippen LogP contribution >= 0.6 is 0 Å². The molecule has 0 amide bonds. The molecule has 0 bridgehead atoms. The summed E-state index contributed by atoms with van der Waals surface area (Å²) < 4.78 is 26.4. The number of hydrogen-bond donors (Lipinski definition) is 2. The summed E-state index contributed by atoms with van der Waals surface area (Å²) in [5, 5.41) is 0. The van der Waals surface area contributed by atoms with E-state index in [2.05, 4.69) is 36.0 Å². The van der Waals surface area contributed by atoms with Gasteiger partial charge in [0.25, 0.3) is 11.0 Å². The summed E-state index contributed by atoms with van der Waals surface area (Å²) in [6.45, 7) is 3.36. The van der Waals surface area contributed by atoms with Crippen molar-refractivity contribution in [2.24, 2.45) is 0 Å². The highest BCUT2D eigenvalue weighted by Gasteiger charge is 1.93. The third-order valence-electron chi connectivity index (χ3n) is 1.55. The lowest BCUT2D eigenvalue weighted by molar-refractivity contribution is -0.697. The van der Waals surface area contributed by atoms with Crippen LogP contribution in [0.4, 0.5) is 0 Å². The molecule has 0 saturated heterocycles. The number of nitrogens with zero attached hydrogens (tertiary/aromatic N) is 1. The van der Waals surface area contributed by atoms with Crippen LogP contribution < -0.4 is 4.57 Å². The molecule has 0 unspecified atom stereocenters. The van der Waals surface area contributed by atoms with Gasteiger partial charge in [0.05, 0.1) is 0 Å². The van der Waals surface area contributed by atoms with Crippen LogP contribution in [0, 0.1) is 0 Å². The van der Waals surface area contributed by atoms with E-state index < -0.39 is 11.0 Å². The Kier molecular flexibility index (Phi) is 8.07. The fourth-order valence-electron chi connectivity index (χ4n) is 0.924. The van der Waals surface area contributed by atoms with E-state index in [9.17, 15) is 0 Å². The first-order chi connectivity index (χ1) is 6.66. The zero-order valence-corrected chi connectivity index (χ0v) is 9.06. The molecule has 0 aromatic carbocycles. The Morgan fingerprint density at radius 3 is 2.14 bits per heavy atom. The predicted molar refractivity (Wildman–Crippen MR) is 54.5 cm³/mol. The van der Waals surface area contributed by atoms with E-state index in [0.29, 0.717) is 0 Å². The van der Waals surface area contributed by atoms with Crippen LogP contribution in [0.3, 0.4) is 0 Å². The van der Waals surface area contributed by atoms with Crippen LogP contribution in [0.15, 0.2) is 30.6 Å². The van der Waals surface area contributed by atoms with Gasteiger partial charge in [-0.3, -0.25) is 4.55 Å². The monoisotopic (exact) mass is 218 g/mol. The van der Waals surface area contributed by atoms with Crippen LogP contribution in [0.25, 0.3) is 0 Å². The Hall–Kier alpha value is -0.940. The molecule has 1 heterocycles. The van der Waals surface area contributed by atoms with E-state index in [0.717, 1.165) is 6.54 Å². The minimum absolute atomic E-state index is 1.15. The van der Waals surface area contributed by atoms with Crippen molar-refractivity contribution in [1.29, 1.82) is 0 Å². The number of unbranched alkanes of at least 4 members (excludes halogenated alkanes) is 1. The van der Waals surface area contributed by atoms with E-state index in [1.807, 2.05) is 6.07 Å².